The average molecular weight is 319 g/mol. The van der Waals surface area contributed by atoms with Crippen molar-refractivity contribution >= 4 is 45.7 Å². The van der Waals surface area contributed by atoms with Gasteiger partial charge in [-0.15, -0.1) is 10.2 Å². The second-order valence-electron chi connectivity index (χ2n) is 4.20. The van der Waals surface area contributed by atoms with Crippen LogP contribution in [0, 0.1) is 0 Å². The number of amides is 1. The van der Waals surface area contributed by atoms with Gasteiger partial charge in [0.2, 0.25) is 0 Å². The SMILES string of the molecule is O=C(Nc1cccc2ncccc12)c1cc(Cl)nnc1Cl. The maximum Gasteiger partial charge on any atom is 0.258 e. The van der Waals surface area contributed by atoms with Gasteiger partial charge in [-0.25, -0.2) is 0 Å². The summed E-state index contributed by atoms with van der Waals surface area (Å²) in [4.78, 5) is 16.5. The van der Waals surface area contributed by atoms with E-state index < -0.39 is 5.91 Å². The summed E-state index contributed by atoms with van der Waals surface area (Å²) in [7, 11) is 0. The van der Waals surface area contributed by atoms with Gasteiger partial charge in [-0.3, -0.25) is 9.78 Å². The van der Waals surface area contributed by atoms with E-state index in [9.17, 15) is 4.79 Å². The van der Waals surface area contributed by atoms with E-state index in [-0.39, 0.29) is 15.9 Å². The summed E-state index contributed by atoms with van der Waals surface area (Å²) in [6, 6.07) is 10.5. The molecule has 0 aliphatic rings. The van der Waals surface area contributed by atoms with Gasteiger partial charge in [0.1, 0.15) is 0 Å². The van der Waals surface area contributed by atoms with Crippen LogP contribution < -0.4 is 5.32 Å². The molecule has 5 nitrogen and oxygen atoms in total. The first-order chi connectivity index (χ1) is 10.1. The van der Waals surface area contributed by atoms with Crippen LogP contribution in [-0.2, 0) is 0 Å². The average Bonchev–Trinajstić information content (AvgIpc) is 2.50. The van der Waals surface area contributed by atoms with Crippen LogP contribution in [0.5, 0.6) is 0 Å². The van der Waals surface area contributed by atoms with E-state index >= 15 is 0 Å². The van der Waals surface area contributed by atoms with E-state index in [0.717, 1.165) is 10.9 Å². The first kappa shape index (κ1) is 13.7. The Labute approximate surface area is 129 Å². The summed E-state index contributed by atoms with van der Waals surface area (Å²) < 4.78 is 0. The summed E-state index contributed by atoms with van der Waals surface area (Å²) in [5, 5.41) is 10.9. The number of halogens is 2. The number of nitrogens with one attached hydrogen (secondary N) is 1. The Morgan fingerprint density at radius 2 is 1.95 bits per heavy atom. The van der Waals surface area contributed by atoms with E-state index in [2.05, 4.69) is 20.5 Å². The maximum atomic E-state index is 12.3. The predicted octanol–water partition coefficient (Wildman–Crippen LogP) is 3.58. The molecular formula is C14H8Cl2N4O. The molecule has 104 valence electrons. The molecule has 0 saturated heterocycles. The predicted molar refractivity (Wildman–Crippen MR) is 81.7 cm³/mol. The molecule has 0 fully saturated rings. The lowest BCUT2D eigenvalue weighted by molar-refractivity contribution is 0.102. The van der Waals surface area contributed by atoms with Crippen molar-refractivity contribution in [2.75, 3.05) is 5.32 Å². The highest BCUT2D eigenvalue weighted by Gasteiger charge is 2.14. The summed E-state index contributed by atoms with van der Waals surface area (Å²) in [5.41, 5.74) is 1.58. The highest BCUT2D eigenvalue weighted by atomic mass is 35.5. The number of carbonyl (C=O) groups is 1. The number of hydrogen-bond donors (Lipinski definition) is 1. The molecule has 0 aliphatic carbocycles. The fourth-order valence-electron chi connectivity index (χ4n) is 1.91. The smallest absolute Gasteiger partial charge is 0.258 e. The molecule has 0 atom stereocenters. The van der Waals surface area contributed by atoms with Crippen LogP contribution in [0.4, 0.5) is 5.69 Å². The molecular weight excluding hydrogens is 311 g/mol. The summed E-state index contributed by atoms with van der Waals surface area (Å²) in [6.45, 7) is 0. The van der Waals surface area contributed by atoms with Crippen LogP contribution in [0.15, 0.2) is 42.6 Å². The van der Waals surface area contributed by atoms with Crippen molar-refractivity contribution < 1.29 is 4.79 Å². The van der Waals surface area contributed by atoms with Gasteiger partial charge in [-0.05, 0) is 30.3 Å². The fraction of sp³-hybridized carbons (Fsp3) is 0. The van der Waals surface area contributed by atoms with E-state index in [4.69, 9.17) is 23.2 Å². The highest BCUT2D eigenvalue weighted by molar-refractivity contribution is 6.34. The molecule has 21 heavy (non-hydrogen) atoms. The number of hydrogen-bond acceptors (Lipinski definition) is 4. The quantitative estimate of drug-likeness (QED) is 0.784. The van der Waals surface area contributed by atoms with E-state index in [1.807, 2.05) is 18.2 Å². The van der Waals surface area contributed by atoms with Crippen LogP contribution in [0.1, 0.15) is 10.4 Å². The van der Waals surface area contributed by atoms with Gasteiger partial charge in [0, 0.05) is 11.6 Å². The summed E-state index contributed by atoms with van der Waals surface area (Å²) in [5.74, 6) is -0.409. The number of rotatable bonds is 2. The van der Waals surface area contributed by atoms with Crippen molar-refractivity contribution in [1.82, 2.24) is 15.2 Å². The largest absolute Gasteiger partial charge is 0.321 e. The van der Waals surface area contributed by atoms with Crippen LogP contribution in [0.25, 0.3) is 10.9 Å². The van der Waals surface area contributed by atoms with Crippen molar-refractivity contribution in [1.29, 1.82) is 0 Å². The van der Waals surface area contributed by atoms with Gasteiger partial charge >= 0.3 is 0 Å². The molecule has 7 heteroatoms. The van der Waals surface area contributed by atoms with Gasteiger partial charge in [0.25, 0.3) is 5.91 Å². The Kier molecular flexibility index (Phi) is 3.68. The number of fused-ring (bicyclic) bond motifs is 1. The number of benzene rings is 1. The van der Waals surface area contributed by atoms with Gasteiger partial charge in [0.05, 0.1) is 16.8 Å². The minimum absolute atomic E-state index is 0.00439. The molecule has 1 N–H and O–H groups in total. The molecule has 1 aromatic carbocycles. The van der Waals surface area contributed by atoms with E-state index in [1.54, 1.807) is 18.3 Å². The zero-order chi connectivity index (χ0) is 14.8. The molecule has 2 heterocycles. The number of carbonyl (C=O) groups excluding carboxylic acids is 1. The topological polar surface area (TPSA) is 67.8 Å². The molecule has 0 saturated carbocycles. The van der Waals surface area contributed by atoms with Gasteiger partial charge in [-0.1, -0.05) is 29.3 Å². The lowest BCUT2D eigenvalue weighted by atomic mass is 10.1. The van der Waals surface area contributed by atoms with Crippen LogP contribution >= 0.6 is 23.2 Å². The third kappa shape index (κ3) is 2.79. The lowest BCUT2D eigenvalue weighted by Crippen LogP contribution is -2.13. The van der Waals surface area contributed by atoms with Gasteiger partial charge < -0.3 is 5.32 Å². The first-order valence-corrected chi connectivity index (χ1v) is 6.74. The van der Waals surface area contributed by atoms with Crippen LogP contribution in [0.2, 0.25) is 10.3 Å². The molecule has 1 amide bonds. The third-order valence-corrected chi connectivity index (χ3v) is 3.32. The summed E-state index contributed by atoms with van der Waals surface area (Å²) >= 11 is 11.6. The fourth-order valence-corrected chi connectivity index (χ4v) is 2.24. The Morgan fingerprint density at radius 1 is 1.10 bits per heavy atom. The van der Waals surface area contributed by atoms with Gasteiger partial charge in [-0.2, -0.15) is 0 Å². The Morgan fingerprint density at radius 3 is 2.81 bits per heavy atom. The zero-order valence-electron chi connectivity index (χ0n) is 10.5. The van der Waals surface area contributed by atoms with Crippen molar-refractivity contribution in [3.05, 3.63) is 58.5 Å². The molecule has 0 bridgehead atoms. The Bertz CT molecular complexity index is 833. The normalized spacial score (nSPS) is 10.6. The monoisotopic (exact) mass is 318 g/mol. The molecule has 0 radical (unpaired) electrons. The van der Waals surface area contributed by atoms with Crippen LogP contribution in [-0.4, -0.2) is 21.1 Å². The second-order valence-corrected chi connectivity index (χ2v) is 4.95. The van der Waals surface area contributed by atoms with Gasteiger partial charge in [0.15, 0.2) is 10.3 Å². The van der Waals surface area contributed by atoms with Crippen molar-refractivity contribution in [3.8, 4) is 0 Å². The molecule has 3 rings (SSSR count). The second kappa shape index (κ2) is 5.63. The van der Waals surface area contributed by atoms with Crippen molar-refractivity contribution in [3.63, 3.8) is 0 Å². The summed E-state index contributed by atoms with van der Waals surface area (Å²) in [6.07, 6.45) is 1.69. The third-order valence-electron chi connectivity index (χ3n) is 2.86. The minimum atomic E-state index is -0.409. The Hall–Kier alpha value is -2.24. The number of aromatic nitrogens is 3. The standard InChI is InChI=1S/C14H8Cl2N4O/c15-12-7-9(13(16)20-19-12)14(21)18-11-5-1-4-10-8(11)3-2-6-17-10/h1-7H,(H,18,21). The molecule has 2 aromatic heterocycles. The molecule has 0 spiro atoms. The minimum Gasteiger partial charge on any atom is -0.321 e. The highest BCUT2D eigenvalue weighted by Crippen LogP contribution is 2.23. The van der Waals surface area contributed by atoms with Crippen molar-refractivity contribution in [2.45, 2.75) is 0 Å². The zero-order valence-corrected chi connectivity index (χ0v) is 12.1. The lowest BCUT2D eigenvalue weighted by Gasteiger charge is -2.08. The van der Waals surface area contributed by atoms with Crippen LogP contribution in [0.3, 0.4) is 0 Å². The van der Waals surface area contributed by atoms with Crippen molar-refractivity contribution in [2.24, 2.45) is 0 Å². The molecule has 3 aromatic rings. The maximum absolute atomic E-state index is 12.3. The molecule has 0 unspecified atom stereocenters. The van der Waals surface area contributed by atoms with E-state index in [0.29, 0.717) is 5.69 Å². The van der Waals surface area contributed by atoms with E-state index in [1.165, 1.54) is 6.07 Å². The number of nitrogens with zero attached hydrogens (tertiary/aromatic N) is 3. The molecule has 0 aliphatic heterocycles. The number of pyridine rings is 1. The Balaban J connectivity index is 1.99. The number of anilines is 1. The first-order valence-electron chi connectivity index (χ1n) is 5.99.